The maximum atomic E-state index is 12.4. The molecule has 1 aromatic carbocycles. The smallest absolute Gasteiger partial charge is 0.226 e. The molecule has 2 aromatic rings. The highest BCUT2D eigenvalue weighted by Crippen LogP contribution is 2.20. The highest BCUT2D eigenvalue weighted by Gasteiger charge is 2.24. The molecule has 1 aromatic heterocycles. The lowest BCUT2D eigenvalue weighted by Gasteiger charge is -2.33. The molecule has 1 fully saturated rings. The SMILES string of the molecule is CC(N)C1CCN(C(=O)Cc2ccc(-n3cccn3)cc2)CC1.Cl. The second-order valence-corrected chi connectivity index (χ2v) is 6.37. The van der Waals surface area contributed by atoms with Gasteiger partial charge in [-0.1, -0.05) is 12.1 Å². The predicted molar refractivity (Wildman–Crippen MR) is 97.5 cm³/mol. The summed E-state index contributed by atoms with van der Waals surface area (Å²) in [4.78, 5) is 14.4. The Morgan fingerprint density at radius 1 is 1.29 bits per heavy atom. The van der Waals surface area contributed by atoms with Gasteiger partial charge >= 0.3 is 0 Å². The van der Waals surface area contributed by atoms with Crippen molar-refractivity contribution in [1.29, 1.82) is 0 Å². The number of hydrogen-bond donors (Lipinski definition) is 1. The summed E-state index contributed by atoms with van der Waals surface area (Å²) >= 11 is 0. The van der Waals surface area contributed by atoms with E-state index in [9.17, 15) is 4.79 Å². The molecule has 0 radical (unpaired) electrons. The van der Waals surface area contributed by atoms with Gasteiger partial charge in [-0.2, -0.15) is 5.10 Å². The van der Waals surface area contributed by atoms with Crippen molar-refractivity contribution >= 4 is 18.3 Å². The first kappa shape index (κ1) is 18.5. The molecule has 1 atom stereocenters. The number of aromatic nitrogens is 2. The minimum Gasteiger partial charge on any atom is -0.342 e. The van der Waals surface area contributed by atoms with Gasteiger partial charge in [0.15, 0.2) is 0 Å². The number of carbonyl (C=O) groups is 1. The van der Waals surface area contributed by atoms with Gasteiger partial charge < -0.3 is 10.6 Å². The van der Waals surface area contributed by atoms with Gasteiger partial charge in [0.2, 0.25) is 5.91 Å². The van der Waals surface area contributed by atoms with Crippen LogP contribution in [0.2, 0.25) is 0 Å². The largest absolute Gasteiger partial charge is 0.342 e. The Labute approximate surface area is 149 Å². The Bertz CT molecular complexity index is 632. The zero-order valence-electron chi connectivity index (χ0n) is 14.0. The Kier molecular flexibility index (Phi) is 6.40. The van der Waals surface area contributed by atoms with Crippen LogP contribution in [-0.4, -0.2) is 39.7 Å². The first-order valence-electron chi connectivity index (χ1n) is 8.26. The number of likely N-dealkylation sites (tertiary alicyclic amines) is 1. The highest BCUT2D eigenvalue weighted by atomic mass is 35.5. The number of piperidine rings is 1. The third-order valence-electron chi connectivity index (χ3n) is 4.70. The summed E-state index contributed by atoms with van der Waals surface area (Å²) in [5.74, 6) is 0.757. The van der Waals surface area contributed by atoms with Crippen LogP contribution in [-0.2, 0) is 11.2 Å². The number of carbonyl (C=O) groups excluding carboxylic acids is 1. The third kappa shape index (κ3) is 4.36. The third-order valence-corrected chi connectivity index (χ3v) is 4.70. The molecule has 130 valence electrons. The molecule has 6 heteroatoms. The molecule has 1 unspecified atom stereocenters. The van der Waals surface area contributed by atoms with Crippen LogP contribution < -0.4 is 5.73 Å². The summed E-state index contributed by atoms with van der Waals surface area (Å²) in [6.45, 7) is 3.72. The van der Waals surface area contributed by atoms with Crippen molar-refractivity contribution in [2.45, 2.75) is 32.2 Å². The Morgan fingerprint density at radius 3 is 2.50 bits per heavy atom. The first-order chi connectivity index (χ1) is 11.1. The summed E-state index contributed by atoms with van der Waals surface area (Å²) in [5, 5.41) is 4.20. The van der Waals surface area contributed by atoms with Gasteiger partial charge in [-0.05, 0) is 49.4 Å². The quantitative estimate of drug-likeness (QED) is 0.922. The van der Waals surface area contributed by atoms with E-state index in [0.717, 1.165) is 37.2 Å². The van der Waals surface area contributed by atoms with Gasteiger partial charge in [0.1, 0.15) is 0 Å². The second-order valence-electron chi connectivity index (χ2n) is 6.37. The average Bonchev–Trinajstić information content (AvgIpc) is 3.10. The molecule has 3 rings (SSSR count). The maximum Gasteiger partial charge on any atom is 0.226 e. The van der Waals surface area contributed by atoms with Crippen LogP contribution in [0.1, 0.15) is 25.3 Å². The van der Waals surface area contributed by atoms with E-state index in [1.54, 1.807) is 6.20 Å². The van der Waals surface area contributed by atoms with Crippen LogP contribution in [0.15, 0.2) is 42.7 Å². The van der Waals surface area contributed by atoms with Crippen molar-refractivity contribution in [2.75, 3.05) is 13.1 Å². The molecule has 0 saturated carbocycles. The van der Waals surface area contributed by atoms with Crippen molar-refractivity contribution in [3.05, 3.63) is 48.3 Å². The molecule has 0 bridgehead atoms. The van der Waals surface area contributed by atoms with Gasteiger partial charge in [0.05, 0.1) is 12.1 Å². The van der Waals surface area contributed by atoms with E-state index in [-0.39, 0.29) is 24.4 Å². The summed E-state index contributed by atoms with van der Waals surface area (Å²) in [6.07, 6.45) is 6.15. The molecular formula is C18H25ClN4O. The van der Waals surface area contributed by atoms with E-state index in [1.165, 1.54) is 0 Å². The normalized spacial score (nSPS) is 16.5. The summed E-state index contributed by atoms with van der Waals surface area (Å²) in [6, 6.07) is 10.1. The number of amides is 1. The number of rotatable bonds is 4. The summed E-state index contributed by atoms with van der Waals surface area (Å²) in [5.41, 5.74) is 8.00. The van der Waals surface area contributed by atoms with Crippen LogP contribution in [0.25, 0.3) is 5.69 Å². The van der Waals surface area contributed by atoms with E-state index in [4.69, 9.17) is 5.73 Å². The Balaban J connectivity index is 0.00000208. The lowest BCUT2D eigenvalue weighted by molar-refractivity contribution is -0.131. The molecule has 2 N–H and O–H groups in total. The zero-order valence-corrected chi connectivity index (χ0v) is 14.8. The van der Waals surface area contributed by atoms with Crippen molar-refractivity contribution < 1.29 is 4.79 Å². The van der Waals surface area contributed by atoms with Crippen LogP contribution >= 0.6 is 12.4 Å². The predicted octanol–water partition coefficient (Wildman–Crippen LogP) is 2.42. The molecule has 1 saturated heterocycles. The topological polar surface area (TPSA) is 64.2 Å². The van der Waals surface area contributed by atoms with E-state index >= 15 is 0 Å². The molecule has 0 aliphatic carbocycles. The van der Waals surface area contributed by atoms with E-state index < -0.39 is 0 Å². The fourth-order valence-corrected chi connectivity index (χ4v) is 3.15. The van der Waals surface area contributed by atoms with Gasteiger partial charge in [-0.25, -0.2) is 4.68 Å². The molecule has 1 amide bonds. The average molecular weight is 349 g/mol. The van der Waals surface area contributed by atoms with Crippen LogP contribution in [0, 0.1) is 5.92 Å². The van der Waals surface area contributed by atoms with Crippen molar-refractivity contribution in [1.82, 2.24) is 14.7 Å². The van der Waals surface area contributed by atoms with Crippen molar-refractivity contribution in [3.8, 4) is 5.69 Å². The fourth-order valence-electron chi connectivity index (χ4n) is 3.15. The van der Waals surface area contributed by atoms with Crippen LogP contribution in [0.4, 0.5) is 0 Å². The lowest BCUT2D eigenvalue weighted by Crippen LogP contribution is -2.43. The lowest BCUT2D eigenvalue weighted by atomic mass is 9.91. The fraction of sp³-hybridized carbons (Fsp3) is 0.444. The van der Waals surface area contributed by atoms with Gasteiger partial charge in [0.25, 0.3) is 0 Å². The Hall–Kier alpha value is -1.85. The number of benzene rings is 1. The van der Waals surface area contributed by atoms with Gasteiger partial charge in [0, 0.05) is 31.5 Å². The molecule has 2 heterocycles. The molecule has 0 spiro atoms. The summed E-state index contributed by atoms with van der Waals surface area (Å²) < 4.78 is 1.81. The molecule has 1 aliphatic heterocycles. The monoisotopic (exact) mass is 348 g/mol. The standard InChI is InChI=1S/C18H24N4O.ClH/c1-14(19)16-7-11-21(12-8-16)18(23)13-15-3-5-17(6-4-15)22-10-2-9-20-22;/h2-6,9-10,14,16H,7-8,11-13,19H2,1H3;1H. The Morgan fingerprint density at radius 2 is 1.96 bits per heavy atom. The first-order valence-corrected chi connectivity index (χ1v) is 8.26. The second kappa shape index (κ2) is 8.31. The van der Waals surface area contributed by atoms with Crippen molar-refractivity contribution in [2.24, 2.45) is 11.7 Å². The minimum atomic E-state index is 0. The van der Waals surface area contributed by atoms with Crippen LogP contribution in [0.3, 0.4) is 0 Å². The van der Waals surface area contributed by atoms with Crippen LogP contribution in [0.5, 0.6) is 0 Å². The van der Waals surface area contributed by atoms with E-state index in [1.807, 2.05) is 46.1 Å². The van der Waals surface area contributed by atoms with E-state index in [0.29, 0.717) is 12.3 Å². The molecule has 24 heavy (non-hydrogen) atoms. The van der Waals surface area contributed by atoms with Gasteiger partial charge in [-0.15, -0.1) is 12.4 Å². The number of nitrogens with zero attached hydrogens (tertiary/aromatic N) is 3. The highest BCUT2D eigenvalue weighted by molar-refractivity contribution is 5.85. The molecule has 5 nitrogen and oxygen atoms in total. The zero-order chi connectivity index (χ0) is 16.2. The number of nitrogens with two attached hydrogens (primary N) is 1. The van der Waals surface area contributed by atoms with Crippen molar-refractivity contribution in [3.63, 3.8) is 0 Å². The summed E-state index contributed by atoms with van der Waals surface area (Å²) in [7, 11) is 0. The minimum absolute atomic E-state index is 0. The molecule has 1 aliphatic rings. The van der Waals surface area contributed by atoms with E-state index in [2.05, 4.69) is 12.0 Å². The number of hydrogen-bond acceptors (Lipinski definition) is 3. The molecular weight excluding hydrogens is 324 g/mol. The maximum absolute atomic E-state index is 12.4. The van der Waals surface area contributed by atoms with Gasteiger partial charge in [-0.3, -0.25) is 4.79 Å². The number of halogens is 1.